The topological polar surface area (TPSA) is 44.9 Å². The van der Waals surface area contributed by atoms with Crippen molar-refractivity contribution in [3.05, 3.63) is 71.9 Å². The third-order valence-corrected chi connectivity index (χ3v) is 3.76. The van der Waals surface area contributed by atoms with Crippen LogP contribution in [0.1, 0.15) is 28.9 Å². The van der Waals surface area contributed by atoms with Crippen molar-refractivity contribution in [2.24, 2.45) is 0 Å². The lowest BCUT2D eigenvalue weighted by Gasteiger charge is -2.13. The fourth-order valence-corrected chi connectivity index (χ4v) is 2.50. The molecule has 3 aromatic rings. The molecule has 1 aromatic heterocycles. The predicted molar refractivity (Wildman–Crippen MR) is 85.5 cm³/mol. The summed E-state index contributed by atoms with van der Waals surface area (Å²) in [5, 5.41) is 4.27. The van der Waals surface area contributed by atoms with Gasteiger partial charge in [-0.3, -0.25) is 4.79 Å². The summed E-state index contributed by atoms with van der Waals surface area (Å²) in [7, 11) is 0. The van der Waals surface area contributed by atoms with E-state index < -0.39 is 0 Å². The SMILES string of the molecule is CC(NCC(=O)c1c[nH]c2ccccc12)c1ccccc1. The molecule has 0 bridgehead atoms. The summed E-state index contributed by atoms with van der Waals surface area (Å²) in [6.45, 7) is 2.40. The van der Waals surface area contributed by atoms with Crippen LogP contribution in [0.3, 0.4) is 0 Å². The number of carbonyl (C=O) groups is 1. The predicted octanol–water partition coefficient (Wildman–Crippen LogP) is 3.70. The number of H-pyrrole nitrogens is 1. The molecule has 0 aliphatic heterocycles. The molecule has 3 rings (SSSR count). The largest absolute Gasteiger partial charge is 0.360 e. The normalized spacial score (nSPS) is 12.4. The summed E-state index contributed by atoms with van der Waals surface area (Å²) < 4.78 is 0. The first-order chi connectivity index (χ1) is 10.3. The van der Waals surface area contributed by atoms with Crippen LogP contribution in [0.5, 0.6) is 0 Å². The molecular formula is C18H18N2O. The summed E-state index contributed by atoms with van der Waals surface area (Å²) in [6, 6.07) is 18.2. The van der Waals surface area contributed by atoms with E-state index >= 15 is 0 Å². The number of aromatic nitrogens is 1. The van der Waals surface area contributed by atoms with E-state index in [1.807, 2.05) is 42.5 Å². The first-order valence-electron chi connectivity index (χ1n) is 7.13. The summed E-state index contributed by atoms with van der Waals surface area (Å²) in [5.41, 5.74) is 2.93. The summed E-state index contributed by atoms with van der Waals surface area (Å²) in [6.07, 6.45) is 1.79. The number of rotatable bonds is 5. The van der Waals surface area contributed by atoms with Gasteiger partial charge in [0.15, 0.2) is 5.78 Å². The van der Waals surface area contributed by atoms with E-state index in [0.717, 1.165) is 16.5 Å². The fourth-order valence-electron chi connectivity index (χ4n) is 2.50. The van der Waals surface area contributed by atoms with Crippen molar-refractivity contribution in [1.29, 1.82) is 0 Å². The zero-order valence-electron chi connectivity index (χ0n) is 12.0. The molecule has 1 heterocycles. The number of hydrogen-bond donors (Lipinski definition) is 2. The molecule has 0 spiro atoms. The zero-order chi connectivity index (χ0) is 14.7. The van der Waals surface area contributed by atoms with Crippen molar-refractivity contribution in [1.82, 2.24) is 10.3 Å². The van der Waals surface area contributed by atoms with Crippen LogP contribution in [0.15, 0.2) is 60.8 Å². The van der Waals surface area contributed by atoms with Gasteiger partial charge < -0.3 is 10.3 Å². The summed E-state index contributed by atoms with van der Waals surface area (Å²) >= 11 is 0. The molecule has 1 unspecified atom stereocenters. The Morgan fingerprint density at radius 2 is 1.81 bits per heavy atom. The number of benzene rings is 2. The number of aromatic amines is 1. The van der Waals surface area contributed by atoms with Crippen LogP contribution in [0.25, 0.3) is 10.9 Å². The maximum absolute atomic E-state index is 12.4. The Bertz CT molecular complexity index is 746. The first kappa shape index (κ1) is 13.6. The first-order valence-corrected chi connectivity index (χ1v) is 7.13. The van der Waals surface area contributed by atoms with E-state index in [1.165, 1.54) is 5.56 Å². The van der Waals surface area contributed by atoms with E-state index in [4.69, 9.17) is 0 Å². The standard InChI is InChI=1S/C18H18N2O/c1-13(14-7-3-2-4-8-14)19-12-18(21)16-11-20-17-10-6-5-9-15(16)17/h2-11,13,19-20H,12H2,1H3. The van der Waals surface area contributed by atoms with Crippen molar-refractivity contribution < 1.29 is 4.79 Å². The van der Waals surface area contributed by atoms with Crippen molar-refractivity contribution in [2.75, 3.05) is 6.54 Å². The van der Waals surface area contributed by atoms with E-state index in [2.05, 4.69) is 29.4 Å². The zero-order valence-corrected chi connectivity index (χ0v) is 12.0. The summed E-state index contributed by atoms with van der Waals surface area (Å²) in [4.78, 5) is 15.5. The molecule has 0 saturated heterocycles. The average Bonchev–Trinajstić information content (AvgIpc) is 2.97. The Hall–Kier alpha value is -2.39. The number of Topliss-reactive ketones (excluding diaryl/α,β-unsaturated/α-hetero) is 1. The molecule has 106 valence electrons. The Balaban J connectivity index is 1.70. The van der Waals surface area contributed by atoms with Crippen LogP contribution < -0.4 is 5.32 Å². The molecule has 0 aliphatic rings. The average molecular weight is 278 g/mol. The highest BCUT2D eigenvalue weighted by Gasteiger charge is 2.13. The van der Waals surface area contributed by atoms with Crippen LogP contribution in [-0.2, 0) is 0 Å². The molecule has 21 heavy (non-hydrogen) atoms. The van der Waals surface area contributed by atoms with Gasteiger partial charge in [0.1, 0.15) is 0 Å². The van der Waals surface area contributed by atoms with Crippen LogP contribution >= 0.6 is 0 Å². The van der Waals surface area contributed by atoms with E-state index in [1.54, 1.807) is 6.20 Å². The van der Waals surface area contributed by atoms with Gasteiger partial charge in [-0.2, -0.15) is 0 Å². The highest BCUT2D eigenvalue weighted by atomic mass is 16.1. The lowest BCUT2D eigenvalue weighted by Crippen LogP contribution is -2.25. The van der Waals surface area contributed by atoms with Crippen molar-refractivity contribution in [2.45, 2.75) is 13.0 Å². The van der Waals surface area contributed by atoms with Crippen molar-refractivity contribution in [3.8, 4) is 0 Å². The molecule has 0 radical (unpaired) electrons. The van der Waals surface area contributed by atoms with Crippen LogP contribution in [0.4, 0.5) is 0 Å². The molecule has 3 nitrogen and oxygen atoms in total. The molecule has 0 saturated carbocycles. The van der Waals surface area contributed by atoms with Gasteiger partial charge in [-0.05, 0) is 18.6 Å². The Morgan fingerprint density at radius 1 is 1.10 bits per heavy atom. The Morgan fingerprint density at radius 3 is 2.62 bits per heavy atom. The number of carbonyl (C=O) groups excluding carboxylic acids is 1. The minimum absolute atomic E-state index is 0.107. The minimum Gasteiger partial charge on any atom is -0.360 e. The van der Waals surface area contributed by atoms with Crippen LogP contribution in [0, 0.1) is 0 Å². The van der Waals surface area contributed by atoms with Gasteiger partial charge in [0, 0.05) is 28.7 Å². The molecule has 0 fully saturated rings. The quantitative estimate of drug-likeness (QED) is 0.699. The van der Waals surface area contributed by atoms with E-state index in [0.29, 0.717) is 6.54 Å². The number of ketones is 1. The fraction of sp³-hybridized carbons (Fsp3) is 0.167. The molecule has 0 amide bonds. The molecule has 2 aromatic carbocycles. The van der Waals surface area contributed by atoms with E-state index in [-0.39, 0.29) is 11.8 Å². The third-order valence-electron chi connectivity index (χ3n) is 3.76. The van der Waals surface area contributed by atoms with Gasteiger partial charge in [-0.25, -0.2) is 0 Å². The monoisotopic (exact) mass is 278 g/mol. The number of fused-ring (bicyclic) bond motifs is 1. The Labute approximate surface area is 124 Å². The van der Waals surface area contributed by atoms with Crippen molar-refractivity contribution >= 4 is 16.7 Å². The minimum atomic E-state index is 0.107. The van der Waals surface area contributed by atoms with Crippen molar-refractivity contribution in [3.63, 3.8) is 0 Å². The second-order valence-electron chi connectivity index (χ2n) is 5.18. The lowest BCUT2D eigenvalue weighted by atomic mass is 10.1. The third kappa shape index (κ3) is 2.88. The maximum atomic E-state index is 12.4. The number of para-hydroxylation sites is 1. The highest BCUT2D eigenvalue weighted by Crippen LogP contribution is 2.18. The number of nitrogens with one attached hydrogen (secondary N) is 2. The Kier molecular flexibility index (Phi) is 3.84. The second kappa shape index (κ2) is 5.94. The van der Waals surface area contributed by atoms with E-state index in [9.17, 15) is 4.79 Å². The molecule has 2 N–H and O–H groups in total. The summed E-state index contributed by atoms with van der Waals surface area (Å²) in [5.74, 6) is 0.107. The molecular weight excluding hydrogens is 260 g/mol. The molecule has 3 heteroatoms. The second-order valence-corrected chi connectivity index (χ2v) is 5.18. The van der Waals surface area contributed by atoms with Gasteiger partial charge in [0.05, 0.1) is 6.54 Å². The molecule has 1 atom stereocenters. The van der Waals surface area contributed by atoms with Gasteiger partial charge in [-0.1, -0.05) is 48.5 Å². The maximum Gasteiger partial charge on any atom is 0.178 e. The lowest BCUT2D eigenvalue weighted by molar-refractivity contribution is 0.0989. The highest BCUT2D eigenvalue weighted by molar-refractivity contribution is 6.08. The smallest absolute Gasteiger partial charge is 0.178 e. The van der Waals surface area contributed by atoms with Gasteiger partial charge in [-0.15, -0.1) is 0 Å². The van der Waals surface area contributed by atoms with Gasteiger partial charge in [0.2, 0.25) is 0 Å². The molecule has 0 aliphatic carbocycles. The van der Waals surface area contributed by atoms with Crippen LogP contribution in [-0.4, -0.2) is 17.3 Å². The van der Waals surface area contributed by atoms with Crippen LogP contribution in [0.2, 0.25) is 0 Å². The van der Waals surface area contributed by atoms with Gasteiger partial charge >= 0.3 is 0 Å². The number of hydrogen-bond acceptors (Lipinski definition) is 2. The van der Waals surface area contributed by atoms with Gasteiger partial charge in [0.25, 0.3) is 0 Å².